The summed E-state index contributed by atoms with van der Waals surface area (Å²) in [5, 5.41) is 17.2. The van der Waals surface area contributed by atoms with Gasteiger partial charge in [-0.25, -0.2) is 0 Å². The number of aliphatic hydroxyl groups is 1. The second-order valence-electron chi connectivity index (χ2n) is 1.92. The number of hydrogen-bond donors (Lipinski definition) is 1. The minimum Gasteiger partial charge on any atom is -0.316 e. The van der Waals surface area contributed by atoms with Crippen LogP contribution in [0.25, 0.3) is 0 Å². The van der Waals surface area contributed by atoms with Gasteiger partial charge in [0.15, 0.2) is 0 Å². The minimum atomic E-state index is -6.41. The zero-order valence-electron chi connectivity index (χ0n) is 5.48. The van der Waals surface area contributed by atoms with Gasteiger partial charge in [0.2, 0.25) is 0 Å². The third-order valence-electron chi connectivity index (χ3n) is 1.05. The van der Waals surface area contributed by atoms with Crippen LogP contribution in [0, 0.1) is 10.1 Å². The summed E-state index contributed by atoms with van der Waals surface area (Å²) in [6.45, 7) is 0. The van der Waals surface area contributed by atoms with Gasteiger partial charge in [-0.15, -0.1) is 0 Å². The molecule has 0 aromatic carbocycles. The van der Waals surface area contributed by atoms with Crippen LogP contribution >= 0.6 is 0 Å². The summed E-state index contributed by atoms with van der Waals surface area (Å²) in [5.74, 6) is 0. The summed E-state index contributed by atoms with van der Waals surface area (Å²) >= 11 is 0. The minimum absolute atomic E-state index is 2.84. The topological polar surface area (TPSA) is 63.4 Å². The van der Waals surface area contributed by atoms with Gasteiger partial charge in [0, 0.05) is 0 Å². The molecule has 13 heavy (non-hydrogen) atoms. The van der Waals surface area contributed by atoms with Gasteiger partial charge in [0.05, 0.1) is 4.92 Å². The maximum absolute atomic E-state index is 11.4. The van der Waals surface area contributed by atoms with E-state index in [2.05, 4.69) is 0 Å². The van der Waals surface area contributed by atoms with Crippen LogP contribution in [0.2, 0.25) is 0 Å². The first-order chi connectivity index (χ1) is 5.44. The molecule has 0 aliphatic heterocycles. The molecule has 0 bridgehead atoms. The first-order valence-corrected chi connectivity index (χ1v) is 2.45. The summed E-state index contributed by atoms with van der Waals surface area (Å²) in [4.78, 5) is 6.59. The number of nitrogens with zero attached hydrogens (tertiary/aromatic N) is 1. The van der Waals surface area contributed by atoms with Crippen LogP contribution in [0.4, 0.5) is 26.3 Å². The smallest absolute Gasteiger partial charge is 0.316 e. The lowest BCUT2D eigenvalue weighted by atomic mass is 10.2. The Morgan fingerprint density at radius 1 is 1.00 bits per heavy atom. The van der Waals surface area contributed by atoms with E-state index in [9.17, 15) is 36.5 Å². The molecule has 0 fully saturated rings. The lowest BCUT2D eigenvalue weighted by molar-refractivity contribution is -0.707. The number of nitro groups is 1. The average molecular weight is 213 g/mol. The molecule has 0 saturated heterocycles. The quantitative estimate of drug-likeness (QED) is 0.306. The van der Waals surface area contributed by atoms with E-state index in [-0.39, 0.29) is 0 Å². The van der Waals surface area contributed by atoms with Crippen molar-refractivity contribution in [1.29, 1.82) is 0 Å². The zero-order chi connectivity index (χ0) is 11.1. The molecule has 0 aromatic rings. The lowest BCUT2D eigenvalue weighted by Crippen LogP contribution is -2.62. The largest absolute Gasteiger partial charge is 0.512 e. The van der Waals surface area contributed by atoms with Crippen LogP contribution in [-0.2, 0) is 0 Å². The molecule has 0 amide bonds. The highest BCUT2D eigenvalue weighted by Gasteiger charge is 2.82. The molecule has 0 aliphatic carbocycles. The monoisotopic (exact) mass is 213 g/mol. The summed E-state index contributed by atoms with van der Waals surface area (Å²) in [6.07, 6.45) is -12.8. The van der Waals surface area contributed by atoms with Crippen LogP contribution in [0.5, 0.6) is 0 Å². The van der Waals surface area contributed by atoms with E-state index in [0.29, 0.717) is 0 Å². The van der Waals surface area contributed by atoms with Crippen molar-refractivity contribution in [3.8, 4) is 0 Å². The van der Waals surface area contributed by atoms with Gasteiger partial charge in [-0.3, -0.25) is 10.1 Å². The van der Waals surface area contributed by atoms with Crippen LogP contribution in [-0.4, -0.2) is 28.1 Å². The fourth-order valence-electron chi connectivity index (χ4n) is 0.368. The molecule has 0 spiro atoms. The molecule has 10 heteroatoms. The Labute approximate surface area is 65.9 Å². The summed E-state index contributed by atoms with van der Waals surface area (Å²) in [5.41, 5.74) is -5.90. The van der Waals surface area contributed by atoms with Crippen molar-refractivity contribution in [2.45, 2.75) is 18.1 Å². The summed E-state index contributed by atoms with van der Waals surface area (Å²) < 4.78 is 68.6. The van der Waals surface area contributed by atoms with Gasteiger partial charge in [-0.05, 0) is 0 Å². The van der Waals surface area contributed by atoms with Crippen molar-refractivity contribution in [2.24, 2.45) is 0 Å². The number of hydrogen-bond acceptors (Lipinski definition) is 3. The van der Waals surface area contributed by atoms with E-state index in [4.69, 9.17) is 5.11 Å². The molecule has 0 aromatic heterocycles. The highest BCUT2D eigenvalue weighted by atomic mass is 19.4. The van der Waals surface area contributed by atoms with E-state index < -0.39 is 23.0 Å². The molecule has 0 rings (SSSR count). The Kier molecular flexibility index (Phi) is 2.50. The van der Waals surface area contributed by atoms with E-state index in [0.717, 1.165) is 0 Å². The van der Waals surface area contributed by atoms with Crippen molar-refractivity contribution >= 4 is 0 Å². The Hall–Kier alpha value is -1.06. The predicted molar refractivity (Wildman–Crippen MR) is 24.1 cm³/mol. The summed E-state index contributed by atoms with van der Waals surface area (Å²) in [7, 11) is 0. The molecule has 78 valence electrons. The highest BCUT2D eigenvalue weighted by molar-refractivity contribution is 4.83. The molecule has 4 nitrogen and oxygen atoms in total. The Morgan fingerprint density at radius 3 is 1.23 bits per heavy atom. The van der Waals surface area contributed by atoms with Crippen molar-refractivity contribution in [1.82, 2.24) is 0 Å². The van der Waals surface area contributed by atoms with Gasteiger partial charge in [-0.2, -0.15) is 26.3 Å². The first-order valence-electron chi connectivity index (χ1n) is 2.45. The normalized spacial score (nSPS) is 14.4. The van der Waals surface area contributed by atoms with E-state index in [1.165, 1.54) is 0 Å². The molecular weight excluding hydrogens is 212 g/mol. The Morgan fingerprint density at radius 2 is 1.23 bits per heavy atom. The predicted octanol–water partition coefficient (Wildman–Crippen LogP) is 1.08. The number of alkyl halides is 6. The molecule has 0 saturated carbocycles. The molecule has 0 unspecified atom stereocenters. The van der Waals surface area contributed by atoms with Crippen molar-refractivity contribution in [3.05, 3.63) is 10.1 Å². The fraction of sp³-hybridized carbons (Fsp3) is 1.00. The van der Waals surface area contributed by atoms with Gasteiger partial charge >= 0.3 is 18.1 Å². The van der Waals surface area contributed by atoms with Crippen LogP contribution in [0.3, 0.4) is 0 Å². The van der Waals surface area contributed by atoms with Gasteiger partial charge in [0.25, 0.3) is 0 Å². The Bertz CT molecular complexity index is 204. The lowest BCUT2D eigenvalue weighted by Gasteiger charge is -2.23. The Balaban J connectivity index is 5.35. The number of rotatable bonds is 1. The van der Waals surface area contributed by atoms with E-state index >= 15 is 0 Å². The molecule has 0 aliphatic rings. The maximum atomic E-state index is 11.4. The molecule has 0 radical (unpaired) electrons. The second kappa shape index (κ2) is 2.72. The third kappa shape index (κ3) is 1.66. The van der Waals surface area contributed by atoms with E-state index in [1.54, 1.807) is 0 Å². The van der Waals surface area contributed by atoms with Crippen molar-refractivity contribution < 1.29 is 36.4 Å². The highest BCUT2D eigenvalue weighted by Crippen LogP contribution is 2.42. The van der Waals surface area contributed by atoms with Gasteiger partial charge in [0.1, 0.15) is 0 Å². The van der Waals surface area contributed by atoms with Crippen LogP contribution in [0.1, 0.15) is 0 Å². The first kappa shape index (κ1) is 11.9. The second-order valence-corrected chi connectivity index (χ2v) is 1.92. The van der Waals surface area contributed by atoms with Gasteiger partial charge < -0.3 is 5.11 Å². The van der Waals surface area contributed by atoms with Gasteiger partial charge in [-0.1, -0.05) is 0 Å². The number of halogens is 6. The molecule has 0 heterocycles. The SMILES string of the molecule is O=[N+]([O-])C(O)(C(F)(F)F)C(F)(F)F. The average Bonchev–Trinajstić information content (AvgIpc) is 1.80. The molecular formula is C3HF6NO3. The maximum Gasteiger partial charge on any atom is 0.512 e. The third-order valence-corrected chi connectivity index (χ3v) is 1.05. The molecule has 0 atom stereocenters. The van der Waals surface area contributed by atoms with Crippen molar-refractivity contribution in [3.63, 3.8) is 0 Å². The fourth-order valence-corrected chi connectivity index (χ4v) is 0.368. The molecule has 1 N–H and O–H groups in total. The van der Waals surface area contributed by atoms with Crippen LogP contribution < -0.4 is 0 Å². The summed E-state index contributed by atoms with van der Waals surface area (Å²) in [6, 6.07) is 0. The van der Waals surface area contributed by atoms with E-state index in [1.807, 2.05) is 0 Å². The van der Waals surface area contributed by atoms with Crippen molar-refractivity contribution in [2.75, 3.05) is 0 Å². The zero-order valence-corrected chi connectivity index (χ0v) is 5.48. The standard InChI is InChI=1S/C3HF6NO3/c4-2(5,6)1(11,10(12)13)3(7,8)9/h11H. The van der Waals surface area contributed by atoms with Crippen LogP contribution in [0.15, 0.2) is 0 Å².